The van der Waals surface area contributed by atoms with Gasteiger partial charge in [0, 0.05) is 25.3 Å². The quantitative estimate of drug-likeness (QED) is 0.650. The summed E-state index contributed by atoms with van der Waals surface area (Å²) in [6.07, 6.45) is 10.9. The number of carbonyl (C=O) groups is 1. The van der Waals surface area contributed by atoms with Crippen LogP contribution in [-0.2, 0) is 13.0 Å². The smallest absolute Gasteiger partial charge is 0.276 e. The SMILES string of the molecule is O=C(NO)c1cnc2c(c1)CCN(C1CCC13CCCC3)C2. The van der Waals surface area contributed by atoms with Crippen molar-refractivity contribution in [3.05, 3.63) is 29.1 Å². The van der Waals surface area contributed by atoms with Crippen LogP contribution >= 0.6 is 0 Å². The maximum atomic E-state index is 11.5. The summed E-state index contributed by atoms with van der Waals surface area (Å²) in [7, 11) is 0. The summed E-state index contributed by atoms with van der Waals surface area (Å²) in [6, 6.07) is 2.61. The molecular weight excluding hydrogens is 278 g/mol. The highest BCUT2D eigenvalue weighted by atomic mass is 16.5. The molecule has 1 spiro atoms. The third kappa shape index (κ3) is 2.15. The molecule has 2 N–H and O–H groups in total. The summed E-state index contributed by atoms with van der Waals surface area (Å²) in [4.78, 5) is 18.6. The predicted octanol–water partition coefficient (Wildman–Crippen LogP) is 2.28. The molecule has 0 radical (unpaired) electrons. The van der Waals surface area contributed by atoms with Crippen LogP contribution in [0.5, 0.6) is 0 Å². The van der Waals surface area contributed by atoms with Crippen LogP contribution in [-0.4, -0.2) is 33.6 Å². The van der Waals surface area contributed by atoms with Gasteiger partial charge in [-0.25, -0.2) is 5.48 Å². The fourth-order valence-electron chi connectivity index (χ4n) is 4.80. The van der Waals surface area contributed by atoms with Gasteiger partial charge in [-0.1, -0.05) is 12.8 Å². The lowest BCUT2D eigenvalue weighted by atomic mass is 9.62. The Balaban J connectivity index is 1.51. The van der Waals surface area contributed by atoms with Crippen LogP contribution in [0.25, 0.3) is 0 Å². The molecule has 4 rings (SSSR count). The first-order valence-electron chi connectivity index (χ1n) is 8.38. The molecule has 1 atom stereocenters. The lowest BCUT2D eigenvalue weighted by Crippen LogP contribution is -2.55. The molecule has 0 bridgehead atoms. The number of nitrogens with one attached hydrogen (secondary N) is 1. The molecule has 5 heteroatoms. The van der Waals surface area contributed by atoms with Crippen LogP contribution in [0.2, 0.25) is 0 Å². The topological polar surface area (TPSA) is 65.5 Å². The highest BCUT2D eigenvalue weighted by molar-refractivity contribution is 5.93. The van der Waals surface area contributed by atoms with Crippen LogP contribution < -0.4 is 5.48 Å². The number of carbonyl (C=O) groups excluding carboxylic acids is 1. The molecule has 1 amide bonds. The van der Waals surface area contributed by atoms with E-state index in [9.17, 15) is 4.79 Å². The van der Waals surface area contributed by atoms with E-state index in [0.29, 0.717) is 11.0 Å². The van der Waals surface area contributed by atoms with E-state index in [2.05, 4.69) is 9.88 Å². The Bertz CT molecular complexity index is 596. The van der Waals surface area contributed by atoms with Gasteiger partial charge in [-0.15, -0.1) is 0 Å². The van der Waals surface area contributed by atoms with Crippen LogP contribution in [0.3, 0.4) is 0 Å². The molecule has 0 aromatic carbocycles. The summed E-state index contributed by atoms with van der Waals surface area (Å²) >= 11 is 0. The largest absolute Gasteiger partial charge is 0.294 e. The second-order valence-corrected chi connectivity index (χ2v) is 7.12. The van der Waals surface area contributed by atoms with Gasteiger partial charge in [-0.05, 0) is 49.1 Å². The van der Waals surface area contributed by atoms with E-state index in [4.69, 9.17) is 5.21 Å². The molecule has 1 unspecified atom stereocenters. The summed E-state index contributed by atoms with van der Waals surface area (Å²) in [5.74, 6) is -0.485. The summed E-state index contributed by atoms with van der Waals surface area (Å²) in [5.41, 5.74) is 4.97. The number of hydroxylamine groups is 1. The third-order valence-corrected chi connectivity index (χ3v) is 6.11. The van der Waals surface area contributed by atoms with Gasteiger partial charge >= 0.3 is 0 Å². The summed E-state index contributed by atoms with van der Waals surface area (Å²) < 4.78 is 0. The van der Waals surface area contributed by atoms with Crippen molar-refractivity contribution in [1.82, 2.24) is 15.4 Å². The van der Waals surface area contributed by atoms with Gasteiger partial charge in [0.25, 0.3) is 5.91 Å². The van der Waals surface area contributed by atoms with Crippen molar-refractivity contribution in [2.45, 2.75) is 57.5 Å². The van der Waals surface area contributed by atoms with Gasteiger partial charge in [0.05, 0.1) is 11.3 Å². The van der Waals surface area contributed by atoms with E-state index in [1.807, 2.05) is 6.07 Å². The lowest BCUT2D eigenvalue weighted by molar-refractivity contribution is -0.0305. The van der Waals surface area contributed by atoms with E-state index in [1.54, 1.807) is 11.7 Å². The van der Waals surface area contributed by atoms with E-state index in [0.717, 1.165) is 36.8 Å². The van der Waals surface area contributed by atoms with Gasteiger partial charge in [-0.3, -0.25) is 19.9 Å². The Hall–Kier alpha value is -1.46. The Labute approximate surface area is 130 Å². The fourth-order valence-corrected chi connectivity index (χ4v) is 4.80. The average Bonchev–Trinajstić information content (AvgIpc) is 3.05. The normalized spacial score (nSPS) is 26.5. The lowest BCUT2D eigenvalue weighted by Gasteiger charge is -2.53. The molecule has 2 saturated carbocycles. The van der Waals surface area contributed by atoms with Crippen LogP contribution in [0.1, 0.15) is 60.1 Å². The number of pyridine rings is 1. The molecule has 118 valence electrons. The van der Waals surface area contributed by atoms with Gasteiger partial charge in [0.2, 0.25) is 0 Å². The number of nitrogens with zero attached hydrogens (tertiary/aromatic N) is 2. The highest BCUT2D eigenvalue weighted by Crippen LogP contribution is 2.55. The van der Waals surface area contributed by atoms with Crippen LogP contribution in [0.15, 0.2) is 12.3 Å². The van der Waals surface area contributed by atoms with Crippen molar-refractivity contribution in [2.24, 2.45) is 5.41 Å². The van der Waals surface area contributed by atoms with E-state index >= 15 is 0 Å². The Kier molecular flexibility index (Phi) is 3.42. The molecule has 2 fully saturated rings. The molecule has 1 aromatic heterocycles. The number of aromatic nitrogens is 1. The van der Waals surface area contributed by atoms with Crippen molar-refractivity contribution in [2.75, 3.05) is 6.54 Å². The van der Waals surface area contributed by atoms with Crippen molar-refractivity contribution in [3.8, 4) is 0 Å². The highest BCUT2D eigenvalue weighted by Gasteiger charge is 2.50. The van der Waals surface area contributed by atoms with E-state index in [1.165, 1.54) is 38.5 Å². The minimum Gasteiger partial charge on any atom is -0.294 e. The molecule has 22 heavy (non-hydrogen) atoms. The second kappa shape index (κ2) is 5.32. The van der Waals surface area contributed by atoms with Crippen molar-refractivity contribution in [3.63, 3.8) is 0 Å². The monoisotopic (exact) mass is 301 g/mol. The molecule has 0 saturated heterocycles. The zero-order chi connectivity index (χ0) is 15.2. The summed E-state index contributed by atoms with van der Waals surface area (Å²) in [5, 5.41) is 8.73. The zero-order valence-corrected chi connectivity index (χ0v) is 12.8. The third-order valence-electron chi connectivity index (χ3n) is 6.11. The maximum Gasteiger partial charge on any atom is 0.276 e. The second-order valence-electron chi connectivity index (χ2n) is 7.12. The van der Waals surface area contributed by atoms with E-state index < -0.39 is 5.91 Å². The van der Waals surface area contributed by atoms with Crippen LogP contribution in [0.4, 0.5) is 0 Å². The van der Waals surface area contributed by atoms with Gasteiger partial charge in [0.1, 0.15) is 0 Å². The van der Waals surface area contributed by atoms with Gasteiger partial charge in [0.15, 0.2) is 0 Å². The molecule has 2 aliphatic carbocycles. The van der Waals surface area contributed by atoms with E-state index in [-0.39, 0.29) is 0 Å². The number of rotatable bonds is 2. The van der Waals surface area contributed by atoms with Gasteiger partial charge < -0.3 is 0 Å². The molecule has 2 heterocycles. The van der Waals surface area contributed by atoms with Crippen LogP contribution in [0, 0.1) is 5.41 Å². The first-order valence-corrected chi connectivity index (χ1v) is 8.38. The number of fused-ring (bicyclic) bond motifs is 1. The number of hydrogen-bond donors (Lipinski definition) is 2. The zero-order valence-electron chi connectivity index (χ0n) is 12.8. The maximum absolute atomic E-state index is 11.5. The first-order chi connectivity index (χ1) is 10.7. The van der Waals surface area contributed by atoms with Crippen molar-refractivity contribution in [1.29, 1.82) is 0 Å². The Morgan fingerprint density at radius 2 is 2.18 bits per heavy atom. The van der Waals surface area contributed by atoms with Crippen molar-refractivity contribution < 1.29 is 10.0 Å². The molecule has 3 aliphatic rings. The average molecular weight is 301 g/mol. The Morgan fingerprint density at radius 1 is 1.36 bits per heavy atom. The number of amides is 1. The molecule has 5 nitrogen and oxygen atoms in total. The fraction of sp³-hybridized carbons (Fsp3) is 0.647. The molecular formula is C17H23N3O2. The standard InChI is InChI=1S/C17H23N3O2/c21-16(19-22)13-9-12-4-8-20(11-14(12)18-10-13)15-3-7-17(15)5-1-2-6-17/h9-10,15,22H,1-8,11H2,(H,19,21). The first kappa shape index (κ1) is 14.2. The Morgan fingerprint density at radius 3 is 2.86 bits per heavy atom. The molecule has 1 aliphatic heterocycles. The minimum atomic E-state index is -0.485. The minimum absolute atomic E-state index is 0.436. The predicted molar refractivity (Wildman–Crippen MR) is 81.5 cm³/mol. The van der Waals surface area contributed by atoms with Crippen molar-refractivity contribution >= 4 is 5.91 Å². The number of hydrogen-bond acceptors (Lipinski definition) is 4. The molecule has 1 aromatic rings. The summed E-state index contributed by atoms with van der Waals surface area (Å²) in [6.45, 7) is 1.97. The van der Waals surface area contributed by atoms with Gasteiger partial charge in [-0.2, -0.15) is 0 Å².